The molecule has 0 unspecified atom stereocenters. The first-order valence-corrected chi connectivity index (χ1v) is 7.32. The number of carbonyl (C=O) groups is 2. The van der Waals surface area contributed by atoms with Gasteiger partial charge in [0.25, 0.3) is 5.91 Å². The Bertz CT molecular complexity index is 642. The molecule has 1 atom stereocenters. The van der Waals surface area contributed by atoms with Gasteiger partial charge in [-0.2, -0.15) is 0 Å². The summed E-state index contributed by atoms with van der Waals surface area (Å²) in [6.07, 6.45) is 1.65. The number of nitrogens with zero attached hydrogens (tertiary/aromatic N) is 1. The molecule has 1 aromatic rings. The van der Waals surface area contributed by atoms with E-state index < -0.39 is 24.5 Å². The van der Waals surface area contributed by atoms with E-state index in [0.29, 0.717) is 4.91 Å². The van der Waals surface area contributed by atoms with Crippen LogP contribution < -0.4 is 5.11 Å². The third-order valence-corrected chi connectivity index (χ3v) is 4.25. The zero-order valence-electron chi connectivity index (χ0n) is 11.1. The number of amides is 1. The van der Waals surface area contributed by atoms with Gasteiger partial charge in [0.15, 0.2) is 0 Å². The summed E-state index contributed by atoms with van der Waals surface area (Å²) in [6, 6.07) is 6.07. The summed E-state index contributed by atoms with van der Waals surface area (Å²) in [7, 11) is 0. The molecular weight excluding hydrogens is 310 g/mol. The van der Waals surface area contributed by atoms with Crippen molar-refractivity contribution in [3.8, 4) is 0 Å². The van der Waals surface area contributed by atoms with Gasteiger partial charge in [-0.3, -0.25) is 9.69 Å². The monoisotopic (exact) mass is 322 g/mol. The van der Waals surface area contributed by atoms with Gasteiger partial charge in [-0.05, 0) is 18.6 Å². The fourth-order valence-electron chi connectivity index (χ4n) is 1.92. The molecule has 1 aromatic carbocycles. The largest absolute Gasteiger partial charge is 0.548 e. The van der Waals surface area contributed by atoms with Crippen LogP contribution in [0.15, 0.2) is 29.2 Å². The molecule has 1 fully saturated rings. The Morgan fingerprint density at radius 1 is 1.57 bits per heavy atom. The van der Waals surface area contributed by atoms with Crippen molar-refractivity contribution in [3.05, 3.63) is 40.3 Å². The Hall–Kier alpha value is -1.70. The molecule has 21 heavy (non-hydrogen) atoms. The van der Waals surface area contributed by atoms with E-state index in [-0.39, 0.29) is 4.32 Å². The minimum atomic E-state index is -1.54. The standard InChI is InChI=1S/C14H13NO4S2/c1-8-3-2-4-9(5-8)6-11-12(17)15(14(20)21-11)10(7-16)13(18)19/h2-6,10,16H,7H2,1H3,(H,18,19)/p-1/b11-6-/t10-/m0/s1. The lowest BCUT2D eigenvalue weighted by Crippen LogP contribution is -2.51. The average Bonchev–Trinajstić information content (AvgIpc) is 2.67. The van der Waals surface area contributed by atoms with E-state index in [4.69, 9.17) is 17.3 Å². The molecule has 1 amide bonds. The lowest BCUT2D eigenvalue weighted by molar-refractivity contribution is -0.311. The second-order valence-corrected chi connectivity index (χ2v) is 6.16. The van der Waals surface area contributed by atoms with Crippen molar-refractivity contribution < 1.29 is 19.8 Å². The maximum Gasteiger partial charge on any atom is 0.266 e. The van der Waals surface area contributed by atoms with Crippen molar-refractivity contribution in [1.29, 1.82) is 0 Å². The van der Waals surface area contributed by atoms with Crippen LogP contribution in [-0.2, 0) is 9.59 Å². The quantitative estimate of drug-likeness (QED) is 0.635. The number of aliphatic carboxylic acids is 1. The van der Waals surface area contributed by atoms with E-state index in [0.717, 1.165) is 27.8 Å². The first kappa shape index (κ1) is 15.7. The second-order valence-electron chi connectivity index (χ2n) is 4.48. The van der Waals surface area contributed by atoms with Gasteiger partial charge in [-0.25, -0.2) is 0 Å². The highest BCUT2D eigenvalue weighted by Gasteiger charge is 2.37. The lowest BCUT2D eigenvalue weighted by atomic mass is 10.1. The van der Waals surface area contributed by atoms with E-state index >= 15 is 0 Å². The number of carboxylic acids is 1. The Labute approximate surface area is 131 Å². The smallest absolute Gasteiger partial charge is 0.266 e. The number of rotatable bonds is 4. The van der Waals surface area contributed by atoms with Gasteiger partial charge in [0.1, 0.15) is 10.4 Å². The van der Waals surface area contributed by atoms with E-state index in [1.807, 2.05) is 31.2 Å². The molecule has 110 valence electrons. The molecule has 0 bridgehead atoms. The zero-order chi connectivity index (χ0) is 15.6. The third-order valence-electron chi connectivity index (χ3n) is 2.92. The molecule has 7 heteroatoms. The molecule has 0 aromatic heterocycles. The summed E-state index contributed by atoms with van der Waals surface area (Å²) >= 11 is 6.03. The van der Waals surface area contributed by atoms with Crippen molar-refractivity contribution >= 4 is 46.3 Å². The number of thiocarbonyl (C=S) groups is 1. The van der Waals surface area contributed by atoms with Gasteiger partial charge >= 0.3 is 0 Å². The van der Waals surface area contributed by atoms with Crippen LogP contribution in [0.3, 0.4) is 0 Å². The molecule has 0 saturated carbocycles. The molecule has 5 nitrogen and oxygen atoms in total. The highest BCUT2D eigenvalue weighted by Crippen LogP contribution is 2.33. The van der Waals surface area contributed by atoms with Gasteiger partial charge < -0.3 is 15.0 Å². The summed E-state index contributed by atoms with van der Waals surface area (Å²) in [5.41, 5.74) is 1.87. The van der Waals surface area contributed by atoms with Crippen LogP contribution in [0.2, 0.25) is 0 Å². The van der Waals surface area contributed by atoms with Crippen LogP contribution >= 0.6 is 24.0 Å². The number of carboxylic acid groups (broad SMARTS) is 1. The Kier molecular flexibility index (Phi) is 4.76. The Morgan fingerprint density at radius 3 is 2.86 bits per heavy atom. The molecule has 1 N–H and O–H groups in total. The van der Waals surface area contributed by atoms with E-state index in [9.17, 15) is 14.7 Å². The number of thioether (sulfide) groups is 1. The number of hydrogen-bond donors (Lipinski definition) is 1. The molecule has 1 aliphatic heterocycles. The van der Waals surface area contributed by atoms with Crippen LogP contribution in [0.25, 0.3) is 6.08 Å². The average molecular weight is 322 g/mol. The molecule has 0 aliphatic carbocycles. The zero-order valence-corrected chi connectivity index (χ0v) is 12.7. The van der Waals surface area contributed by atoms with Gasteiger partial charge in [0.2, 0.25) is 0 Å². The third kappa shape index (κ3) is 3.31. The Morgan fingerprint density at radius 2 is 2.29 bits per heavy atom. The maximum atomic E-state index is 12.3. The summed E-state index contributed by atoms with van der Waals surface area (Å²) in [4.78, 5) is 24.4. The fraction of sp³-hybridized carbons (Fsp3) is 0.214. The molecule has 1 aliphatic rings. The first-order valence-electron chi connectivity index (χ1n) is 6.09. The van der Waals surface area contributed by atoms with Gasteiger partial charge in [-0.1, -0.05) is 53.8 Å². The summed E-state index contributed by atoms with van der Waals surface area (Å²) in [5, 5.41) is 20.1. The van der Waals surface area contributed by atoms with Crippen molar-refractivity contribution in [2.45, 2.75) is 13.0 Å². The molecule has 1 saturated heterocycles. The van der Waals surface area contributed by atoms with E-state index in [1.54, 1.807) is 6.08 Å². The fourth-order valence-corrected chi connectivity index (χ4v) is 3.28. The number of benzene rings is 1. The van der Waals surface area contributed by atoms with Crippen LogP contribution in [0.5, 0.6) is 0 Å². The maximum absolute atomic E-state index is 12.3. The normalized spacial score (nSPS) is 18.4. The number of aryl methyl sites for hydroxylation is 1. The lowest BCUT2D eigenvalue weighted by Gasteiger charge is -2.25. The topological polar surface area (TPSA) is 80.7 Å². The van der Waals surface area contributed by atoms with E-state index in [2.05, 4.69) is 0 Å². The molecule has 2 rings (SSSR count). The second kappa shape index (κ2) is 6.38. The highest BCUT2D eigenvalue weighted by atomic mass is 32.2. The van der Waals surface area contributed by atoms with Crippen LogP contribution in [0, 0.1) is 6.92 Å². The van der Waals surface area contributed by atoms with Crippen molar-refractivity contribution in [2.24, 2.45) is 0 Å². The van der Waals surface area contributed by atoms with Crippen LogP contribution in [0.1, 0.15) is 11.1 Å². The molecular formula is C14H12NO4S2-. The van der Waals surface area contributed by atoms with Gasteiger partial charge in [0, 0.05) is 0 Å². The van der Waals surface area contributed by atoms with Gasteiger partial charge in [-0.15, -0.1) is 0 Å². The summed E-state index contributed by atoms with van der Waals surface area (Å²) < 4.78 is 0.0992. The number of aliphatic hydroxyl groups excluding tert-OH is 1. The summed E-state index contributed by atoms with van der Waals surface area (Å²) in [6.45, 7) is 1.19. The predicted octanol–water partition coefficient (Wildman–Crippen LogP) is 0.307. The van der Waals surface area contributed by atoms with E-state index in [1.165, 1.54) is 0 Å². The van der Waals surface area contributed by atoms with Crippen LogP contribution in [-0.4, -0.2) is 38.9 Å². The number of hydrogen-bond acceptors (Lipinski definition) is 6. The first-order chi connectivity index (χ1) is 9.93. The minimum absolute atomic E-state index is 0.0992. The number of carbonyl (C=O) groups excluding carboxylic acids is 2. The van der Waals surface area contributed by atoms with Crippen LogP contribution in [0.4, 0.5) is 0 Å². The van der Waals surface area contributed by atoms with Gasteiger partial charge in [0.05, 0.1) is 17.5 Å². The molecule has 0 radical (unpaired) electrons. The Balaban J connectivity index is 2.31. The van der Waals surface area contributed by atoms with Crippen molar-refractivity contribution in [3.63, 3.8) is 0 Å². The minimum Gasteiger partial charge on any atom is -0.548 e. The van der Waals surface area contributed by atoms with Crippen molar-refractivity contribution in [2.75, 3.05) is 6.61 Å². The predicted molar refractivity (Wildman–Crippen MR) is 82.1 cm³/mol. The van der Waals surface area contributed by atoms with Crippen molar-refractivity contribution in [1.82, 2.24) is 4.90 Å². The SMILES string of the molecule is Cc1cccc(/C=C2\SC(=S)N([C@@H](CO)C(=O)[O-])C2=O)c1. The highest BCUT2D eigenvalue weighted by molar-refractivity contribution is 8.26. The number of aliphatic hydroxyl groups is 1. The summed E-state index contributed by atoms with van der Waals surface area (Å²) in [5.74, 6) is -2.07. The molecule has 0 spiro atoms. The molecule has 1 heterocycles.